The first-order valence-electron chi connectivity index (χ1n) is 8.18. The van der Waals surface area contributed by atoms with E-state index in [2.05, 4.69) is 31.3 Å². The number of nitrogens with one attached hydrogen (secondary N) is 1. The van der Waals surface area contributed by atoms with E-state index in [1.165, 1.54) is 5.56 Å². The lowest BCUT2D eigenvalue weighted by Gasteiger charge is -2.35. The first-order chi connectivity index (χ1) is 11.6. The molecule has 24 heavy (non-hydrogen) atoms. The van der Waals surface area contributed by atoms with Gasteiger partial charge in [0.1, 0.15) is 0 Å². The Balaban J connectivity index is 2.10. The van der Waals surface area contributed by atoms with Gasteiger partial charge in [-0.25, -0.2) is 0 Å². The van der Waals surface area contributed by atoms with Crippen LogP contribution in [-0.2, 0) is 6.42 Å². The summed E-state index contributed by atoms with van der Waals surface area (Å²) >= 11 is 0. The molecule has 1 amide bonds. The van der Waals surface area contributed by atoms with Gasteiger partial charge in [-0.2, -0.15) is 5.26 Å². The molecule has 120 valence electrons. The number of fused-ring (bicyclic) bond motifs is 1. The van der Waals surface area contributed by atoms with Crippen molar-refractivity contribution in [3.05, 3.63) is 76.9 Å². The number of hydrogen-bond donors (Lipinski definition) is 1. The highest BCUT2D eigenvalue weighted by Crippen LogP contribution is 2.43. The van der Waals surface area contributed by atoms with Crippen LogP contribution in [0.2, 0.25) is 0 Å². The first kappa shape index (κ1) is 16.0. The number of carbonyl (C=O) groups is 1. The molecule has 3 rings (SSSR count). The van der Waals surface area contributed by atoms with Crippen molar-refractivity contribution >= 4 is 11.6 Å². The number of benzene rings is 2. The molecule has 1 aliphatic rings. The Labute approximate surface area is 142 Å². The van der Waals surface area contributed by atoms with Crippen molar-refractivity contribution in [2.45, 2.75) is 26.7 Å². The van der Waals surface area contributed by atoms with E-state index < -0.39 is 0 Å². The predicted molar refractivity (Wildman–Crippen MR) is 95.0 cm³/mol. The van der Waals surface area contributed by atoms with Crippen LogP contribution in [0.15, 0.2) is 60.2 Å². The molecule has 3 nitrogen and oxygen atoms in total. The third-order valence-corrected chi connectivity index (χ3v) is 4.89. The molecule has 0 fully saturated rings. The number of allylic oxidation sites excluding steroid dienone is 1. The third-order valence-electron chi connectivity index (χ3n) is 4.89. The van der Waals surface area contributed by atoms with Gasteiger partial charge in [-0.1, -0.05) is 56.3 Å². The van der Waals surface area contributed by atoms with Crippen molar-refractivity contribution in [1.29, 1.82) is 5.26 Å². The van der Waals surface area contributed by atoms with Crippen LogP contribution in [0, 0.1) is 16.7 Å². The summed E-state index contributed by atoms with van der Waals surface area (Å²) in [5.41, 5.74) is 3.75. The minimum absolute atomic E-state index is 0.187. The molecule has 0 aromatic heterocycles. The maximum atomic E-state index is 12.6. The molecule has 0 radical (unpaired) electrons. The highest BCUT2D eigenvalue weighted by Gasteiger charge is 2.36. The fraction of sp³-hybridized carbons (Fsp3) is 0.238. The van der Waals surface area contributed by atoms with E-state index in [4.69, 9.17) is 0 Å². The summed E-state index contributed by atoms with van der Waals surface area (Å²) in [5.74, 6) is -0.187. The summed E-state index contributed by atoms with van der Waals surface area (Å²) in [6.45, 7) is 4.18. The zero-order valence-corrected chi connectivity index (χ0v) is 14.0. The number of rotatable bonds is 3. The van der Waals surface area contributed by atoms with Crippen molar-refractivity contribution in [3.8, 4) is 6.07 Å². The van der Waals surface area contributed by atoms with Crippen molar-refractivity contribution in [2.24, 2.45) is 5.41 Å². The Morgan fingerprint density at radius 3 is 2.50 bits per heavy atom. The average molecular weight is 316 g/mol. The van der Waals surface area contributed by atoms with Crippen LogP contribution in [0.5, 0.6) is 0 Å². The van der Waals surface area contributed by atoms with Crippen LogP contribution in [0.1, 0.15) is 41.8 Å². The van der Waals surface area contributed by atoms with Crippen LogP contribution < -0.4 is 5.32 Å². The largest absolute Gasteiger partial charge is 0.321 e. The summed E-state index contributed by atoms with van der Waals surface area (Å²) < 4.78 is 0. The lowest BCUT2D eigenvalue weighted by atomic mass is 9.69. The van der Waals surface area contributed by atoms with E-state index in [1.807, 2.05) is 36.4 Å². The second-order valence-corrected chi connectivity index (χ2v) is 6.43. The Hall–Kier alpha value is -2.86. The second kappa shape index (κ2) is 6.33. The molecule has 3 heteroatoms. The monoisotopic (exact) mass is 316 g/mol. The Morgan fingerprint density at radius 2 is 1.83 bits per heavy atom. The lowest BCUT2D eigenvalue weighted by Crippen LogP contribution is -2.33. The Bertz CT molecular complexity index is 846. The number of hydrogen-bond acceptors (Lipinski definition) is 2. The smallest absolute Gasteiger partial charge is 0.255 e. The van der Waals surface area contributed by atoms with E-state index in [9.17, 15) is 10.1 Å². The summed E-state index contributed by atoms with van der Waals surface area (Å²) in [5, 5.41) is 12.8. The van der Waals surface area contributed by atoms with Crippen LogP contribution in [0.3, 0.4) is 0 Å². The van der Waals surface area contributed by atoms with Gasteiger partial charge in [-0.15, -0.1) is 0 Å². The topological polar surface area (TPSA) is 52.9 Å². The zero-order chi connectivity index (χ0) is 17.2. The molecular formula is C21H20N2O. The number of nitriles is 1. The molecule has 0 heterocycles. The minimum atomic E-state index is -0.262. The molecule has 1 N–H and O–H groups in total. The second-order valence-electron chi connectivity index (χ2n) is 6.43. The van der Waals surface area contributed by atoms with Crippen molar-refractivity contribution in [2.75, 3.05) is 0 Å². The van der Waals surface area contributed by atoms with E-state index in [1.54, 1.807) is 12.1 Å². The molecule has 0 saturated carbocycles. The molecule has 1 aliphatic carbocycles. The van der Waals surface area contributed by atoms with Gasteiger partial charge in [-0.3, -0.25) is 4.79 Å². The SMILES string of the molecule is CC[C@@]1(C)Cc2ccccc2C(NC(=O)c2ccccc2)=C1C#N. The summed E-state index contributed by atoms with van der Waals surface area (Å²) in [4.78, 5) is 12.6. The van der Waals surface area contributed by atoms with Crippen molar-refractivity contribution in [3.63, 3.8) is 0 Å². The maximum absolute atomic E-state index is 12.6. The van der Waals surface area contributed by atoms with Gasteiger partial charge in [0.25, 0.3) is 5.91 Å². The van der Waals surface area contributed by atoms with Gasteiger partial charge in [0.05, 0.1) is 17.3 Å². The number of carbonyl (C=O) groups excluding carboxylic acids is 1. The standard InChI is InChI=1S/C21H20N2O/c1-3-21(2)13-16-11-7-8-12-17(16)19(18(21)14-22)23-20(24)15-9-5-4-6-10-15/h4-12H,3,13H2,1-2H3,(H,23,24)/t21-/m0/s1. The maximum Gasteiger partial charge on any atom is 0.255 e. The van der Waals surface area contributed by atoms with E-state index >= 15 is 0 Å². The predicted octanol–water partition coefficient (Wildman–Crippen LogP) is 4.32. The average Bonchev–Trinajstić information content (AvgIpc) is 2.62. The lowest BCUT2D eigenvalue weighted by molar-refractivity contribution is 0.0973. The molecule has 0 bridgehead atoms. The fourth-order valence-electron chi connectivity index (χ4n) is 3.26. The molecule has 0 saturated heterocycles. The van der Waals surface area contributed by atoms with Gasteiger partial charge in [0, 0.05) is 16.5 Å². The van der Waals surface area contributed by atoms with E-state index in [-0.39, 0.29) is 11.3 Å². The fourth-order valence-corrected chi connectivity index (χ4v) is 3.26. The van der Waals surface area contributed by atoms with Crippen molar-refractivity contribution < 1.29 is 4.79 Å². The quantitative estimate of drug-likeness (QED) is 0.916. The molecular weight excluding hydrogens is 296 g/mol. The Morgan fingerprint density at radius 1 is 1.17 bits per heavy atom. The van der Waals surface area contributed by atoms with Crippen LogP contribution in [0.4, 0.5) is 0 Å². The molecule has 0 aliphatic heterocycles. The van der Waals surface area contributed by atoms with E-state index in [0.717, 1.165) is 18.4 Å². The van der Waals surface area contributed by atoms with Gasteiger partial charge in [0.15, 0.2) is 0 Å². The molecule has 1 atom stereocenters. The van der Waals surface area contributed by atoms with Crippen LogP contribution in [0.25, 0.3) is 5.70 Å². The zero-order valence-electron chi connectivity index (χ0n) is 14.0. The molecule has 2 aromatic rings. The van der Waals surface area contributed by atoms with Crippen LogP contribution in [-0.4, -0.2) is 5.91 Å². The summed E-state index contributed by atoms with van der Waals surface area (Å²) in [7, 11) is 0. The number of nitrogens with zero attached hydrogens (tertiary/aromatic N) is 1. The van der Waals surface area contributed by atoms with Gasteiger partial charge < -0.3 is 5.32 Å². The van der Waals surface area contributed by atoms with E-state index in [0.29, 0.717) is 16.8 Å². The molecule has 0 spiro atoms. The van der Waals surface area contributed by atoms with Gasteiger partial charge >= 0.3 is 0 Å². The summed E-state index contributed by atoms with van der Waals surface area (Å²) in [6.07, 6.45) is 1.65. The van der Waals surface area contributed by atoms with Crippen LogP contribution >= 0.6 is 0 Å². The normalized spacial score (nSPS) is 19.4. The highest BCUT2D eigenvalue weighted by atomic mass is 16.1. The Kier molecular flexibility index (Phi) is 4.22. The first-order valence-corrected chi connectivity index (χ1v) is 8.18. The van der Waals surface area contributed by atoms with Crippen molar-refractivity contribution in [1.82, 2.24) is 5.32 Å². The number of amides is 1. The minimum Gasteiger partial charge on any atom is -0.321 e. The third kappa shape index (κ3) is 2.72. The van der Waals surface area contributed by atoms with Gasteiger partial charge in [-0.05, 0) is 30.5 Å². The highest BCUT2D eigenvalue weighted by molar-refractivity contribution is 6.00. The molecule has 0 unspecified atom stereocenters. The summed E-state index contributed by atoms with van der Waals surface area (Å²) in [6, 6.07) is 19.4. The van der Waals surface area contributed by atoms with Gasteiger partial charge in [0.2, 0.25) is 0 Å². The molecule has 2 aromatic carbocycles.